The second kappa shape index (κ2) is 4.31. The minimum absolute atomic E-state index is 0.401. The van der Waals surface area contributed by atoms with E-state index in [1.54, 1.807) is 0 Å². The van der Waals surface area contributed by atoms with Gasteiger partial charge in [-0.3, -0.25) is 0 Å². The van der Waals surface area contributed by atoms with Crippen LogP contribution in [0.4, 0.5) is 0 Å². The first-order valence-corrected chi connectivity index (χ1v) is 6.34. The lowest BCUT2D eigenvalue weighted by atomic mass is 9.95. The van der Waals surface area contributed by atoms with Gasteiger partial charge in [-0.05, 0) is 38.1 Å². The smallest absolute Gasteiger partial charge is 0.00949 e. The largest absolute Gasteiger partial charge is 0.303 e. The van der Waals surface area contributed by atoms with E-state index in [1.807, 2.05) is 0 Å². The lowest BCUT2D eigenvalue weighted by molar-refractivity contribution is 0.170. The van der Waals surface area contributed by atoms with Crippen molar-refractivity contribution in [2.24, 2.45) is 11.3 Å². The molecular weight excluding hydrogens is 226 g/mol. The second-order valence-electron chi connectivity index (χ2n) is 5.29. The molecule has 78 valence electrons. The average Bonchev–Trinajstić information content (AvgIpc) is 2.85. The topological polar surface area (TPSA) is 3.24 Å². The molecule has 1 aliphatic carbocycles. The molecule has 0 heterocycles. The average molecular weight is 248 g/mol. The highest BCUT2D eigenvalue weighted by atomic mass is 79.9. The molecule has 0 spiro atoms. The Balaban J connectivity index is 2.34. The molecule has 0 amide bonds. The van der Waals surface area contributed by atoms with Crippen LogP contribution in [0.2, 0.25) is 0 Å². The zero-order valence-electron chi connectivity index (χ0n) is 9.31. The van der Waals surface area contributed by atoms with Crippen LogP contribution in [0.1, 0.15) is 33.6 Å². The van der Waals surface area contributed by atoms with Crippen LogP contribution in [0.25, 0.3) is 0 Å². The monoisotopic (exact) mass is 247 g/mol. The van der Waals surface area contributed by atoms with Crippen molar-refractivity contribution in [1.82, 2.24) is 4.90 Å². The van der Waals surface area contributed by atoms with E-state index in [2.05, 4.69) is 48.6 Å². The normalized spacial score (nSPS) is 20.8. The van der Waals surface area contributed by atoms with E-state index < -0.39 is 0 Å². The van der Waals surface area contributed by atoms with Gasteiger partial charge < -0.3 is 4.90 Å². The van der Waals surface area contributed by atoms with Gasteiger partial charge in [0.05, 0.1) is 0 Å². The third-order valence-corrected chi connectivity index (χ3v) is 4.56. The Hall–Kier alpha value is 0.440. The Bertz CT molecular complexity index is 163. The molecule has 1 atom stereocenters. The van der Waals surface area contributed by atoms with Crippen molar-refractivity contribution in [2.45, 2.75) is 39.7 Å². The van der Waals surface area contributed by atoms with Gasteiger partial charge in [-0.2, -0.15) is 0 Å². The number of halogens is 1. The van der Waals surface area contributed by atoms with Gasteiger partial charge in [0.1, 0.15) is 0 Å². The third kappa shape index (κ3) is 3.59. The summed E-state index contributed by atoms with van der Waals surface area (Å²) in [6.45, 7) is 8.19. The van der Waals surface area contributed by atoms with Crippen LogP contribution in [0.3, 0.4) is 0 Å². The molecule has 1 rings (SSSR count). The molecule has 0 radical (unpaired) electrons. The fourth-order valence-corrected chi connectivity index (χ4v) is 1.98. The Morgan fingerprint density at radius 1 is 1.46 bits per heavy atom. The van der Waals surface area contributed by atoms with Crippen molar-refractivity contribution in [3.05, 3.63) is 0 Å². The van der Waals surface area contributed by atoms with Crippen LogP contribution in [-0.2, 0) is 0 Å². The summed E-state index contributed by atoms with van der Waals surface area (Å²) >= 11 is 3.57. The Labute approximate surface area is 91.0 Å². The van der Waals surface area contributed by atoms with E-state index in [-0.39, 0.29) is 0 Å². The Morgan fingerprint density at radius 3 is 2.38 bits per heavy atom. The van der Waals surface area contributed by atoms with Gasteiger partial charge in [0.2, 0.25) is 0 Å². The number of rotatable bonds is 5. The van der Waals surface area contributed by atoms with Crippen molar-refractivity contribution in [1.29, 1.82) is 0 Å². The van der Waals surface area contributed by atoms with Gasteiger partial charge in [-0.25, -0.2) is 0 Å². The molecule has 0 aromatic carbocycles. The molecule has 0 saturated heterocycles. The Morgan fingerprint density at radius 2 is 2.00 bits per heavy atom. The third-order valence-electron chi connectivity index (χ3n) is 3.04. The van der Waals surface area contributed by atoms with E-state index >= 15 is 0 Å². The molecule has 0 aliphatic heterocycles. The number of nitrogens with zero attached hydrogens (tertiary/aromatic N) is 1. The molecule has 1 nitrogen and oxygen atoms in total. The minimum Gasteiger partial charge on any atom is -0.303 e. The summed E-state index contributed by atoms with van der Waals surface area (Å²) < 4.78 is 0. The molecule has 1 saturated carbocycles. The van der Waals surface area contributed by atoms with Gasteiger partial charge >= 0.3 is 0 Å². The quantitative estimate of drug-likeness (QED) is 0.675. The SMILES string of the molecule is CC(C1CC1)N(C)CC(C)(C)CBr. The highest BCUT2D eigenvalue weighted by molar-refractivity contribution is 9.09. The van der Waals surface area contributed by atoms with Gasteiger partial charge in [0, 0.05) is 17.9 Å². The van der Waals surface area contributed by atoms with Crippen molar-refractivity contribution < 1.29 is 0 Å². The fraction of sp³-hybridized carbons (Fsp3) is 1.00. The van der Waals surface area contributed by atoms with E-state index in [0.717, 1.165) is 17.3 Å². The van der Waals surface area contributed by atoms with Crippen LogP contribution in [0, 0.1) is 11.3 Å². The first-order valence-electron chi connectivity index (χ1n) is 5.22. The molecule has 0 aromatic heterocycles. The molecule has 1 unspecified atom stereocenters. The number of hydrogen-bond donors (Lipinski definition) is 0. The summed E-state index contributed by atoms with van der Waals surface area (Å²) in [7, 11) is 2.26. The Kier molecular flexibility index (Phi) is 3.82. The number of hydrogen-bond acceptors (Lipinski definition) is 1. The molecular formula is C11H22BrN. The molecule has 0 bridgehead atoms. The summed E-state index contributed by atoms with van der Waals surface area (Å²) in [5.74, 6) is 0.983. The summed E-state index contributed by atoms with van der Waals surface area (Å²) in [5, 5.41) is 1.09. The molecule has 2 heteroatoms. The molecule has 0 N–H and O–H groups in total. The summed E-state index contributed by atoms with van der Waals surface area (Å²) in [6.07, 6.45) is 2.89. The van der Waals surface area contributed by atoms with Crippen LogP contribution >= 0.6 is 15.9 Å². The van der Waals surface area contributed by atoms with Crippen molar-refractivity contribution >= 4 is 15.9 Å². The standard InChI is InChI=1S/C11H22BrN/c1-9(10-5-6-10)13(4)8-11(2,3)7-12/h9-10H,5-8H2,1-4H3. The molecule has 13 heavy (non-hydrogen) atoms. The first-order chi connectivity index (χ1) is 5.96. The van der Waals surface area contributed by atoms with Crippen LogP contribution in [0.5, 0.6) is 0 Å². The van der Waals surface area contributed by atoms with Gasteiger partial charge in [0.25, 0.3) is 0 Å². The summed E-state index contributed by atoms with van der Waals surface area (Å²) in [5.41, 5.74) is 0.401. The van der Waals surface area contributed by atoms with E-state index in [9.17, 15) is 0 Å². The van der Waals surface area contributed by atoms with E-state index in [1.165, 1.54) is 19.4 Å². The molecule has 0 aromatic rings. The van der Waals surface area contributed by atoms with Crippen molar-refractivity contribution in [3.63, 3.8) is 0 Å². The van der Waals surface area contributed by atoms with Crippen molar-refractivity contribution in [3.8, 4) is 0 Å². The van der Waals surface area contributed by atoms with Gasteiger partial charge in [0.15, 0.2) is 0 Å². The maximum atomic E-state index is 3.57. The van der Waals surface area contributed by atoms with Gasteiger partial charge in [-0.15, -0.1) is 0 Å². The second-order valence-corrected chi connectivity index (χ2v) is 5.85. The highest BCUT2D eigenvalue weighted by Gasteiger charge is 2.32. The molecule has 1 aliphatic rings. The van der Waals surface area contributed by atoms with Crippen LogP contribution in [0.15, 0.2) is 0 Å². The fourth-order valence-electron chi connectivity index (χ4n) is 1.80. The summed E-state index contributed by atoms with van der Waals surface area (Å²) in [4.78, 5) is 2.51. The lowest BCUT2D eigenvalue weighted by Gasteiger charge is -2.32. The van der Waals surface area contributed by atoms with Crippen LogP contribution in [-0.4, -0.2) is 29.9 Å². The zero-order chi connectivity index (χ0) is 10.1. The highest BCUT2D eigenvalue weighted by Crippen LogP contribution is 2.35. The lowest BCUT2D eigenvalue weighted by Crippen LogP contribution is -2.39. The predicted molar refractivity (Wildman–Crippen MR) is 62.4 cm³/mol. The number of alkyl halides is 1. The van der Waals surface area contributed by atoms with Crippen molar-refractivity contribution in [2.75, 3.05) is 18.9 Å². The first kappa shape index (κ1) is 11.5. The predicted octanol–water partition coefficient (Wildman–Crippen LogP) is 3.14. The van der Waals surface area contributed by atoms with E-state index in [0.29, 0.717) is 5.41 Å². The maximum Gasteiger partial charge on any atom is 0.00949 e. The maximum absolute atomic E-state index is 3.57. The zero-order valence-corrected chi connectivity index (χ0v) is 10.9. The van der Waals surface area contributed by atoms with Gasteiger partial charge in [-0.1, -0.05) is 29.8 Å². The van der Waals surface area contributed by atoms with Crippen LogP contribution < -0.4 is 0 Å². The summed E-state index contributed by atoms with van der Waals surface area (Å²) in [6, 6.07) is 0.776. The minimum atomic E-state index is 0.401. The molecule has 1 fully saturated rings. The van der Waals surface area contributed by atoms with E-state index in [4.69, 9.17) is 0 Å².